The minimum atomic E-state index is -5.39. The lowest BCUT2D eigenvalue weighted by atomic mass is 9.96. The van der Waals surface area contributed by atoms with E-state index >= 15 is 0 Å². The highest BCUT2D eigenvalue weighted by Gasteiger charge is 2.54. The first kappa shape index (κ1) is 17.9. The molecule has 0 heterocycles. The Morgan fingerprint density at radius 2 is 1.78 bits per heavy atom. The van der Waals surface area contributed by atoms with Gasteiger partial charge in [-0.05, 0) is 19.8 Å². The zero-order chi connectivity index (χ0) is 14.6. The number of unbranched alkanes of at least 4 members (excludes halogenated alkanes) is 1. The van der Waals surface area contributed by atoms with Crippen LogP contribution in [0.25, 0.3) is 0 Å². The SMILES string of the molecule is CCCCC(C)(CC)OC(C(F)(F)F)P(=O)(O)O. The summed E-state index contributed by atoms with van der Waals surface area (Å²) in [6.45, 7) is 4.94. The molecular weight excluding hydrogens is 272 g/mol. The Bertz CT molecular complexity index is 302. The van der Waals surface area contributed by atoms with E-state index < -0.39 is 25.2 Å². The molecule has 0 saturated heterocycles. The standard InChI is InChI=1S/C10H20F3O4P/c1-4-6-7-9(3,5-2)17-8(10(11,12)13)18(14,15)16/h8H,4-7H2,1-3H3,(H2,14,15,16). The van der Waals surface area contributed by atoms with Gasteiger partial charge in [-0.1, -0.05) is 26.7 Å². The number of halogens is 3. The van der Waals surface area contributed by atoms with Gasteiger partial charge in [0.1, 0.15) is 0 Å². The summed E-state index contributed by atoms with van der Waals surface area (Å²) in [4.78, 5) is 17.5. The van der Waals surface area contributed by atoms with Crippen molar-refractivity contribution >= 4 is 7.60 Å². The molecule has 0 aliphatic rings. The number of ether oxygens (including phenoxy) is 1. The Kier molecular flexibility index (Phi) is 6.33. The van der Waals surface area contributed by atoms with E-state index in [1.54, 1.807) is 6.92 Å². The highest BCUT2D eigenvalue weighted by atomic mass is 31.2. The van der Waals surface area contributed by atoms with Gasteiger partial charge in [-0.15, -0.1) is 0 Å². The summed E-state index contributed by atoms with van der Waals surface area (Å²) >= 11 is 0. The van der Waals surface area contributed by atoms with Crippen molar-refractivity contribution in [1.82, 2.24) is 0 Å². The lowest BCUT2D eigenvalue weighted by molar-refractivity contribution is -0.228. The molecule has 0 saturated carbocycles. The van der Waals surface area contributed by atoms with Crippen LogP contribution in [0.5, 0.6) is 0 Å². The molecule has 0 spiro atoms. The molecule has 0 aromatic rings. The van der Waals surface area contributed by atoms with Crippen LogP contribution in [-0.4, -0.2) is 27.4 Å². The minimum absolute atomic E-state index is 0.250. The van der Waals surface area contributed by atoms with Gasteiger partial charge in [0.2, 0.25) is 0 Å². The Hall–Kier alpha value is -0.100. The van der Waals surface area contributed by atoms with E-state index in [1.165, 1.54) is 6.92 Å². The van der Waals surface area contributed by atoms with Gasteiger partial charge in [-0.3, -0.25) is 4.57 Å². The van der Waals surface area contributed by atoms with E-state index in [4.69, 9.17) is 14.5 Å². The first-order valence-electron chi connectivity index (χ1n) is 5.76. The molecule has 8 heteroatoms. The smallest absolute Gasteiger partial charge is 0.352 e. The number of hydrogen-bond donors (Lipinski definition) is 2. The molecule has 0 amide bonds. The molecule has 2 unspecified atom stereocenters. The Morgan fingerprint density at radius 3 is 2.06 bits per heavy atom. The quantitative estimate of drug-likeness (QED) is 0.705. The van der Waals surface area contributed by atoms with Crippen LogP contribution in [0.4, 0.5) is 13.2 Å². The highest BCUT2D eigenvalue weighted by molar-refractivity contribution is 7.52. The van der Waals surface area contributed by atoms with Gasteiger partial charge in [0.15, 0.2) is 0 Å². The Labute approximate surface area is 105 Å². The predicted octanol–water partition coefficient (Wildman–Crippen LogP) is 3.43. The molecule has 0 rings (SSSR count). The van der Waals surface area contributed by atoms with Crippen LogP contribution in [0, 0.1) is 0 Å². The van der Waals surface area contributed by atoms with Crippen molar-refractivity contribution in [2.24, 2.45) is 0 Å². The molecule has 110 valence electrons. The molecule has 0 fully saturated rings. The lowest BCUT2D eigenvalue weighted by Crippen LogP contribution is -2.40. The van der Waals surface area contributed by atoms with Crippen molar-refractivity contribution in [3.63, 3.8) is 0 Å². The molecule has 0 radical (unpaired) electrons. The molecule has 0 aromatic heterocycles. The van der Waals surface area contributed by atoms with Gasteiger partial charge in [-0.25, -0.2) is 0 Å². The van der Waals surface area contributed by atoms with Crippen LogP contribution >= 0.6 is 7.60 Å². The first-order chi connectivity index (χ1) is 7.96. The second-order valence-electron chi connectivity index (χ2n) is 4.51. The van der Waals surface area contributed by atoms with Crippen molar-refractivity contribution in [2.45, 2.75) is 64.1 Å². The van der Waals surface area contributed by atoms with E-state index in [1.807, 2.05) is 6.92 Å². The second kappa shape index (κ2) is 6.37. The molecule has 0 bridgehead atoms. The molecule has 18 heavy (non-hydrogen) atoms. The third kappa shape index (κ3) is 5.69. The van der Waals surface area contributed by atoms with Crippen molar-refractivity contribution in [2.75, 3.05) is 0 Å². The van der Waals surface area contributed by atoms with Gasteiger partial charge in [0.25, 0.3) is 5.85 Å². The summed E-state index contributed by atoms with van der Waals surface area (Å²) in [6, 6.07) is 0. The van der Waals surface area contributed by atoms with Crippen molar-refractivity contribution < 1.29 is 32.3 Å². The average Bonchev–Trinajstić information content (AvgIpc) is 2.20. The maximum atomic E-state index is 12.6. The van der Waals surface area contributed by atoms with Gasteiger partial charge in [-0.2, -0.15) is 13.2 Å². The monoisotopic (exact) mass is 292 g/mol. The van der Waals surface area contributed by atoms with Gasteiger partial charge < -0.3 is 14.5 Å². The van der Waals surface area contributed by atoms with E-state index in [-0.39, 0.29) is 6.42 Å². The Balaban J connectivity index is 5.01. The van der Waals surface area contributed by atoms with Crippen LogP contribution in [-0.2, 0) is 9.30 Å². The third-order valence-corrected chi connectivity index (χ3v) is 3.80. The maximum absolute atomic E-state index is 12.6. The second-order valence-corrected chi connectivity index (χ2v) is 6.16. The largest absolute Gasteiger partial charge is 0.426 e. The van der Waals surface area contributed by atoms with Gasteiger partial charge in [0.05, 0.1) is 5.60 Å². The fraction of sp³-hybridized carbons (Fsp3) is 1.00. The predicted molar refractivity (Wildman–Crippen MR) is 61.2 cm³/mol. The zero-order valence-electron chi connectivity index (χ0n) is 10.7. The maximum Gasteiger partial charge on any atom is 0.426 e. The summed E-state index contributed by atoms with van der Waals surface area (Å²) in [5, 5.41) is 0. The fourth-order valence-electron chi connectivity index (χ4n) is 1.47. The van der Waals surface area contributed by atoms with Crippen molar-refractivity contribution in [3.8, 4) is 0 Å². The zero-order valence-corrected chi connectivity index (χ0v) is 11.6. The topological polar surface area (TPSA) is 66.8 Å². The molecule has 0 aromatic carbocycles. The fourth-order valence-corrected chi connectivity index (χ4v) is 2.24. The van der Waals surface area contributed by atoms with Gasteiger partial charge in [0, 0.05) is 0 Å². The van der Waals surface area contributed by atoms with E-state index in [0.29, 0.717) is 12.8 Å². The van der Waals surface area contributed by atoms with E-state index in [9.17, 15) is 17.7 Å². The summed E-state index contributed by atoms with van der Waals surface area (Å²) in [5.74, 6) is -3.05. The average molecular weight is 292 g/mol. The highest BCUT2D eigenvalue weighted by Crippen LogP contribution is 2.51. The normalized spacial score (nSPS) is 18.4. The molecule has 0 aliphatic carbocycles. The molecule has 0 aliphatic heterocycles. The minimum Gasteiger partial charge on any atom is -0.352 e. The summed E-state index contributed by atoms with van der Waals surface area (Å²) in [5.41, 5.74) is -1.18. The molecule has 4 nitrogen and oxygen atoms in total. The number of rotatable bonds is 7. The van der Waals surface area contributed by atoms with E-state index in [2.05, 4.69) is 0 Å². The lowest BCUT2D eigenvalue weighted by Gasteiger charge is -2.34. The van der Waals surface area contributed by atoms with Crippen LogP contribution in [0.15, 0.2) is 0 Å². The van der Waals surface area contributed by atoms with Gasteiger partial charge >= 0.3 is 13.8 Å². The molecular formula is C10H20F3O4P. The van der Waals surface area contributed by atoms with Crippen LogP contribution in [0.3, 0.4) is 0 Å². The van der Waals surface area contributed by atoms with Crippen LogP contribution in [0.1, 0.15) is 46.5 Å². The van der Waals surface area contributed by atoms with E-state index in [0.717, 1.165) is 6.42 Å². The van der Waals surface area contributed by atoms with Crippen molar-refractivity contribution in [1.29, 1.82) is 0 Å². The van der Waals surface area contributed by atoms with Crippen LogP contribution < -0.4 is 0 Å². The Morgan fingerprint density at radius 1 is 1.28 bits per heavy atom. The first-order valence-corrected chi connectivity index (χ1v) is 7.44. The number of hydrogen-bond acceptors (Lipinski definition) is 2. The molecule has 2 N–H and O–H groups in total. The third-order valence-electron chi connectivity index (χ3n) is 2.79. The van der Waals surface area contributed by atoms with Crippen molar-refractivity contribution in [3.05, 3.63) is 0 Å². The summed E-state index contributed by atoms with van der Waals surface area (Å²) < 4.78 is 53.4. The summed E-state index contributed by atoms with van der Waals surface area (Å²) in [6.07, 6.45) is -3.10. The number of alkyl halides is 3. The van der Waals surface area contributed by atoms with Crippen LogP contribution in [0.2, 0.25) is 0 Å². The molecule has 2 atom stereocenters. The summed E-state index contributed by atoms with van der Waals surface area (Å²) in [7, 11) is -5.39.